The first-order valence-corrected chi connectivity index (χ1v) is 12.4. The SMILES string of the molecule is C#CCNC(=O)/C(C#N)=c1\s/c(=C/Nc2cccc(NC(=O)Cn3cnc4ccccc43)c2)c(=O)n1CC. The summed E-state index contributed by atoms with van der Waals surface area (Å²) in [5, 5.41) is 17.9. The number of nitrogens with zero attached hydrogens (tertiary/aromatic N) is 4. The molecule has 0 aliphatic rings. The molecule has 0 aliphatic heterocycles. The number of imidazole rings is 1. The fraction of sp³-hybridized carbons (Fsp3) is 0.148. The van der Waals surface area contributed by atoms with Crippen LogP contribution in [0.4, 0.5) is 11.4 Å². The summed E-state index contributed by atoms with van der Waals surface area (Å²) in [6, 6.07) is 16.5. The molecular weight excluding hydrogens is 502 g/mol. The van der Waals surface area contributed by atoms with Crippen molar-refractivity contribution in [3.05, 3.63) is 74.4 Å². The van der Waals surface area contributed by atoms with Gasteiger partial charge in [-0.15, -0.1) is 17.8 Å². The summed E-state index contributed by atoms with van der Waals surface area (Å²) in [6.45, 7) is 2.10. The van der Waals surface area contributed by atoms with Crippen molar-refractivity contribution in [2.45, 2.75) is 20.0 Å². The average molecular weight is 526 g/mol. The molecule has 0 saturated heterocycles. The Labute approximate surface area is 221 Å². The maximum Gasteiger partial charge on any atom is 0.270 e. The fourth-order valence-corrected chi connectivity index (χ4v) is 4.82. The molecule has 4 rings (SSSR count). The van der Waals surface area contributed by atoms with Gasteiger partial charge in [0.2, 0.25) is 5.91 Å². The largest absolute Gasteiger partial charge is 0.360 e. The zero-order valence-electron chi connectivity index (χ0n) is 20.4. The molecular formula is C27H23N7O3S. The van der Waals surface area contributed by atoms with Gasteiger partial charge in [0.25, 0.3) is 11.5 Å². The van der Waals surface area contributed by atoms with Crippen LogP contribution in [0.15, 0.2) is 59.7 Å². The van der Waals surface area contributed by atoms with Crippen LogP contribution in [0.3, 0.4) is 0 Å². The summed E-state index contributed by atoms with van der Waals surface area (Å²) >= 11 is 1.02. The molecule has 0 unspecified atom stereocenters. The number of benzene rings is 2. The van der Waals surface area contributed by atoms with Crippen molar-refractivity contribution in [2.75, 3.05) is 17.2 Å². The number of fused-ring (bicyclic) bond motifs is 1. The smallest absolute Gasteiger partial charge is 0.270 e. The number of para-hydroxylation sites is 2. The van der Waals surface area contributed by atoms with E-state index >= 15 is 0 Å². The number of carbonyl (C=O) groups is 2. The topological polar surface area (TPSA) is 134 Å². The van der Waals surface area contributed by atoms with E-state index in [4.69, 9.17) is 6.42 Å². The Morgan fingerprint density at radius 3 is 2.74 bits per heavy atom. The van der Waals surface area contributed by atoms with Crippen molar-refractivity contribution in [1.29, 1.82) is 5.26 Å². The number of thiazole rings is 1. The highest BCUT2D eigenvalue weighted by molar-refractivity contribution is 7.07. The zero-order chi connectivity index (χ0) is 27.1. The highest BCUT2D eigenvalue weighted by Crippen LogP contribution is 2.16. The second-order valence-electron chi connectivity index (χ2n) is 7.97. The molecule has 38 heavy (non-hydrogen) atoms. The number of nitriles is 1. The molecule has 2 aromatic heterocycles. The Morgan fingerprint density at radius 2 is 1.97 bits per heavy atom. The van der Waals surface area contributed by atoms with E-state index in [0.717, 1.165) is 22.4 Å². The Kier molecular flexibility index (Phi) is 8.01. The molecule has 0 radical (unpaired) electrons. The van der Waals surface area contributed by atoms with Crippen LogP contribution in [0.1, 0.15) is 6.92 Å². The van der Waals surface area contributed by atoms with Crippen molar-refractivity contribution in [3.8, 4) is 18.4 Å². The van der Waals surface area contributed by atoms with E-state index in [9.17, 15) is 19.6 Å². The minimum Gasteiger partial charge on any atom is -0.360 e. The number of terminal acetylenes is 1. The van der Waals surface area contributed by atoms with Crippen molar-refractivity contribution >= 4 is 57.3 Å². The molecule has 2 heterocycles. The number of hydrogen-bond donors (Lipinski definition) is 3. The summed E-state index contributed by atoms with van der Waals surface area (Å²) in [4.78, 5) is 42.2. The van der Waals surface area contributed by atoms with Crippen LogP contribution in [0.5, 0.6) is 0 Å². The second-order valence-corrected chi connectivity index (χ2v) is 9.00. The number of rotatable bonds is 8. The van der Waals surface area contributed by atoms with Crippen LogP contribution >= 0.6 is 11.3 Å². The van der Waals surface area contributed by atoms with E-state index in [2.05, 4.69) is 26.9 Å². The van der Waals surface area contributed by atoms with Gasteiger partial charge in [0.1, 0.15) is 21.8 Å². The molecule has 0 saturated carbocycles. The van der Waals surface area contributed by atoms with Gasteiger partial charge in [0.05, 0.1) is 23.9 Å². The third kappa shape index (κ3) is 5.64. The van der Waals surface area contributed by atoms with Crippen LogP contribution in [0, 0.1) is 23.7 Å². The molecule has 2 aromatic carbocycles. The van der Waals surface area contributed by atoms with Crippen molar-refractivity contribution < 1.29 is 9.59 Å². The predicted octanol–water partition coefficient (Wildman–Crippen LogP) is 1.19. The normalized spacial score (nSPS) is 11.9. The lowest BCUT2D eigenvalue weighted by Crippen LogP contribution is -2.34. The van der Waals surface area contributed by atoms with Crippen LogP contribution in [-0.4, -0.2) is 32.5 Å². The monoisotopic (exact) mass is 525 g/mol. The zero-order valence-corrected chi connectivity index (χ0v) is 21.2. The van der Waals surface area contributed by atoms with E-state index in [-0.39, 0.29) is 41.3 Å². The highest BCUT2D eigenvalue weighted by atomic mass is 32.1. The number of nitrogens with one attached hydrogen (secondary N) is 3. The van der Waals surface area contributed by atoms with Crippen LogP contribution in [-0.2, 0) is 22.7 Å². The standard InChI is InChI=1S/C27H23N7O3S/c1-3-12-29-25(36)20(14-28)27-34(4-2)26(37)23(38-27)15-30-18-8-7-9-19(13-18)32-24(35)16-33-17-31-21-10-5-6-11-22(21)33/h1,5-11,13,15,17,30H,4,12,16H2,2H3,(H,29,36)(H,32,35)/b23-15+,27-20-. The van der Waals surface area contributed by atoms with Crippen LogP contribution in [0.25, 0.3) is 22.8 Å². The minimum atomic E-state index is -0.638. The van der Waals surface area contributed by atoms with Crippen LogP contribution in [0.2, 0.25) is 0 Å². The lowest BCUT2D eigenvalue weighted by molar-refractivity contribution is -0.117. The first-order chi connectivity index (χ1) is 18.4. The summed E-state index contributed by atoms with van der Waals surface area (Å²) in [7, 11) is 0. The molecule has 0 spiro atoms. The first-order valence-electron chi connectivity index (χ1n) is 11.6. The van der Waals surface area contributed by atoms with E-state index in [1.807, 2.05) is 30.3 Å². The summed E-state index contributed by atoms with van der Waals surface area (Å²) in [6.07, 6.45) is 8.31. The molecule has 11 heteroatoms. The minimum absolute atomic E-state index is 0.0297. The molecule has 2 amide bonds. The third-order valence-corrected chi connectivity index (χ3v) is 6.62. The molecule has 4 aromatic rings. The Balaban J connectivity index is 1.54. The van der Waals surface area contributed by atoms with Gasteiger partial charge in [0, 0.05) is 24.1 Å². The van der Waals surface area contributed by atoms with E-state index < -0.39 is 5.91 Å². The number of aromatic nitrogens is 3. The van der Waals surface area contributed by atoms with Gasteiger partial charge >= 0.3 is 0 Å². The van der Waals surface area contributed by atoms with Gasteiger partial charge in [-0.25, -0.2) is 4.98 Å². The summed E-state index contributed by atoms with van der Waals surface area (Å²) in [5.41, 5.74) is 2.36. The maximum atomic E-state index is 12.9. The Hall–Kier alpha value is -5.13. The van der Waals surface area contributed by atoms with E-state index in [1.54, 1.807) is 42.1 Å². The van der Waals surface area contributed by atoms with E-state index in [1.165, 1.54) is 10.8 Å². The van der Waals surface area contributed by atoms with Crippen molar-refractivity contribution in [1.82, 2.24) is 19.4 Å². The van der Waals surface area contributed by atoms with Crippen LogP contribution < -0.4 is 30.7 Å². The Morgan fingerprint density at radius 1 is 1.18 bits per heavy atom. The van der Waals surface area contributed by atoms with Gasteiger partial charge in [-0.2, -0.15) is 5.26 Å². The molecule has 10 nitrogen and oxygen atoms in total. The molecule has 0 atom stereocenters. The molecule has 0 bridgehead atoms. The van der Waals surface area contributed by atoms with Gasteiger partial charge in [-0.3, -0.25) is 19.0 Å². The second kappa shape index (κ2) is 11.7. The summed E-state index contributed by atoms with van der Waals surface area (Å²) < 4.78 is 3.69. The lowest BCUT2D eigenvalue weighted by atomic mass is 10.2. The fourth-order valence-electron chi connectivity index (χ4n) is 3.74. The van der Waals surface area contributed by atoms with Gasteiger partial charge in [-0.05, 0) is 37.3 Å². The van der Waals surface area contributed by atoms with E-state index in [0.29, 0.717) is 15.9 Å². The Bertz CT molecular complexity index is 1780. The maximum absolute atomic E-state index is 12.9. The third-order valence-electron chi connectivity index (χ3n) is 5.49. The molecule has 190 valence electrons. The first kappa shape index (κ1) is 25.9. The molecule has 0 aliphatic carbocycles. The number of hydrogen-bond acceptors (Lipinski definition) is 7. The molecule has 3 N–H and O–H groups in total. The highest BCUT2D eigenvalue weighted by Gasteiger charge is 2.14. The van der Waals surface area contributed by atoms with Gasteiger partial charge in [0.15, 0.2) is 5.57 Å². The van der Waals surface area contributed by atoms with Gasteiger partial charge < -0.3 is 20.5 Å². The number of anilines is 2. The quantitative estimate of drug-likeness (QED) is 0.296. The number of carbonyl (C=O) groups excluding carboxylic acids is 2. The predicted molar refractivity (Wildman–Crippen MR) is 147 cm³/mol. The number of amides is 2. The average Bonchev–Trinajstić information content (AvgIpc) is 3.47. The molecule has 0 fully saturated rings. The van der Waals surface area contributed by atoms with Gasteiger partial charge in [-0.1, -0.05) is 24.1 Å². The lowest BCUT2D eigenvalue weighted by Gasteiger charge is -2.08. The van der Waals surface area contributed by atoms with Crippen molar-refractivity contribution in [2.24, 2.45) is 0 Å². The summed E-state index contributed by atoms with van der Waals surface area (Å²) in [5.74, 6) is 1.43. The van der Waals surface area contributed by atoms with Crippen molar-refractivity contribution in [3.63, 3.8) is 0 Å².